The zero-order valence-electron chi connectivity index (χ0n) is 17.7. The number of aliphatic carboxylic acids is 1. The van der Waals surface area contributed by atoms with Gasteiger partial charge in [-0.25, -0.2) is 9.59 Å². The Morgan fingerprint density at radius 2 is 1.77 bits per heavy atom. The van der Waals surface area contributed by atoms with Crippen molar-refractivity contribution in [1.82, 2.24) is 0 Å². The lowest BCUT2D eigenvalue weighted by atomic mass is 9.99. The normalized spacial score (nSPS) is 13.3. The minimum absolute atomic E-state index is 0.158. The van der Waals surface area contributed by atoms with Gasteiger partial charge in [0.15, 0.2) is 0 Å². The number of halogens is 1. The number of carboxylic acid groups (broad SMARTS) is 1. The maximum absolute atomic E-state index is 12.5. The molecule has 2 aromatic carbocycles. The van der Waals surface area contributed by atoms with E-state index in [1.54, 1.807) is 49.4 Å². The quantitative estimate of drug-likeness (QED) is 0.282. The van der Waals surface area contributed by atoms with Gasteiger partial charge in [-0.05, 0) is 44.5 Å². The number of aryl methyl sites for hydroxylation is 1. The zero-order chi connectivity index (χ0) is 23.1. The molecular weight excluding hydrogens is 422 g/mol. The summed E-state index contributed by atoms with van der Waals surface area (Å²) in [5.74, 6) is -2.80. The summed E-state index contributed by atoms with van der Waals surface area (Å²) in [5, 5.41) is 10.1. The van der Waals surface area contributed by atoms with Crippen molar-refractivity contribution in [3.05, 3.63) is 64.2 Å². The first-order valence-corrected chi connectivity index (χ1v) is 10.1. The molecule has 0 fully saturated rings. The number of hydrogen-bond donors (Lipinski definition) is 1. The van der Waals surface area contributed by atoms with Gasteiger partial charge in [-0.2, -0.15) is 0 Å². The lowest BCUT2D eigenvalue weighted by Crippen LogP contribution is -2.33. The van der Waals surface area contributed by atoms with Crippen molar-refractivity contribution in [2.45, 2.75) is 46.3 Å². The Bertz CT molecular complexity index is 1000. The molecule has 2 unspecified atom stereocenters. The Balaban J connectivity index is 2.70. The third-order valence-corrected chi connectivity index (χ3v) is 4.62. The molecule has 0 saturated carbocycles. The molecule has 8 heteroatoms. The van der Waals surface area contributed by atoms with Gasteiger partial charge in [-0.15, -0.1) is 0 Å². The molecule has 0 saturated heterocycles. The number of carbonyl (C=O) groups excluding carboxylic acids is 2. The van der Waals surface area contributed by atoms with Crippen molar-refractivity contribution in [3.8, 4) is 5.75 Å². The van der Waals surface area contributed by atoms with Gasteiger partial charge >= 0.3 is 17.9 Å². The molecule has 0 bridgehead atoms. The fraction of sp³-hybridized carbons (Fsp3) is 0.304. The van der Waals surface area contributed by atoms with Gasteiger partial charge in [-0.3, -0.25) is 9.79 Å². The third kappa shape index (κ3) is 6.65. The van der Waals surface area contributed by atoms with Crippen LogP contribution in [0.5, 0.6) is 5.75 Å². The van der Waals surface area contributed by atoms with Gasteiger partial charge in [0.25, 0.3) is 0 Å². The summed E-state index contributed by atoms with van der Waals surface area (Å²) < 4.78 is 10.5. The SMILES string of the molecule is CCC(C)OC(=O)C(N=C(c1ccc(Cl)cc1)c1cc(C)ccc1OC(C)=O)C(=O)O. The fourth-order valence-electron chi connectivity index (χ4n) is 2.66. The van der Waals surface area contributed by atoms with E-state index in [4.69, 9.17) is 21.1 Å². The van der Waals surface area contributed by atoms with Crippen LogP contribution in [-0.4, -0.2) is 40.9 Å². The van der Waals surface area contributed by atoms with Crippen LogP contribution in [0.15, 0.2) is 47.5 Å². The summed E-state index contributed by atoms with van der Waals surface area (Å²) in [7, 11) is 0. The van der Waals surface area contributed by atoms with E-state index in [2.05, 4.69) is 4.99 Å². The fourth-order valence-corrected chi connectivity index (χ4v) is 2.79. The number of nitrogens with zero attached hydrogens (tertiary/aromatic N) is 1. The molecule has 31 heavy (non-hydrogen) atoms. The van der Waals surface area contributed by atoms with Gasteiger partial charge in [0.2, 0.25) is 6.04 Å². The monoisotopic (exact) mass is 445 g/mol. The molecule has 164 valence electrons. The number of carbonyl (C=O) groups is 3. The average Bonchev–Trinajstić information content (AvgIpc) is 2.70. The van der Waals surface area contributed by atoms with Crippen molar-refractivity contribution < 1.29 is 29.0 Å². The Hall–Kier alpha value is -3.19. The summed E-state index contributed by atoms with van der Waals surface area (Å²) in [5.41, 5.74) is 1.83. The van der Waals surface area contributed by atoms with Crippen LogP contribution in [0.3, 0.4) is 0 Å². The molecule has 2 atom stereocenters. The highest BCUT2D eigenvalue weighted by atomic mass is 35.5. The molecule has 0 aliphatic rings. The number of benzene rings is 2. The molecule has 1 N–H and O–H groups in total. The molecule has 2 rings (SSSR count). The van der Waals surface area contributed by atoms with E-state index in [9.17, 15) is 19.5 Å². The topological polar surface area (TPSA) is 102 Å². The summed E-state index contributed by atoms with van der Waals surface area (Å²) in [6.45, 7) is 6.56. The van der Waals surface area contributed by atoms with Crippen LogP contribution < -0.4 is 4.74 Å². The number of rotatable bonds is 8. The second kappa shape index (κ2) is 10.7. The van der Waals surface area contributed by atoms with Crippen molar-refractivity contribution in [2.24, 2.45) is 4.99 Å². The van der Waals surface area contributed by atoms with Gasteiger partial charge in [0.05, 0.1) is 11.8 Å². The van der Waals surface area contributed by atoms with Crippen LogP contribution >= 0.6 is 11.6 Å². The number of carboxylic acids is 1. The van der Waals surface area contributed by atoms with Gasteiger partial charge in [-0.1, -0.05) is 42.3 Å². The van der Waals surface area contributed by atoms with E-state index in [-0.39, 0.29) is 11.5 Å². The molecule has 0 aliphatic heterocycles. The number of ether oxygens (including phenoxy) is 2. The van der Waals surface area contributed by atoms with Crippen LogP contribution in [0.4, 0.5) is 0 Å². The molecule has 0 heterocycles. The maximum Gasteiger partial charge on any atom is 0.342 e. The van der Waals surface area contributed by atoms with Gasteiger partial charge in [0.1, 0.15) is 5.75 Å². The van der Waals surface area contributed by atoms with E-state index in [0.717, 1.165) is 5.56 Å². The van der Waals surface area contributed by atoms with Crippen molar-refractivity contribution >= 4 is 35.2 Å². The van der Waals surface area contributed by atoms with Crippen molar-refractivity contribution in [1.29, 1.82) is 0 Å². The van der Waals surface area contributed by atoms with E-state index in [1.807, 2.05) is 13.8 Å². The summed E-state index contributed by atoms with van der Waals surface area (Å²) in [4.78, 5) is 40.2. The zero-order valence-corrected chi connectivity index (χ0v) is 18.5. The first-order valence-electron chi connectivity index (χ1n) is 9.68. The standard InChI is InChI=1S/C23H24ClNO6/c1-5-14(3)30-23(29)21(22(27)28)25-20(16-7-9-17(24)10-8-16)18-12-13(2)6-11-19(18)31-15(4)26/h6-12,14,21H,5H2,1-4H3,(H,27,28). The molecule has 0 radical (unpaired) electrons. The number of aliphatic imine (C=N–C) groups is 1. The molecular formula is C23H24ClNO6. The van der Waals surface area contributed by atoms with Crippen LogP contribution in [0.1, 0.15) is 43.9 Å². The van der Waals surface area contributed by atoms with Crippen LogP contribution in [-0.2, 0) is 19.1 Å². The second-order valence-corrected chi connectivity index (χ2v) is 7.41. The molecule has 0 spiro atoms. The Kier molecular flexibility index (Phi) is 8.33. The molecule has 0 aromatic heterocycles. The molecule has 0 amide bonds. The van der Waals surface area contributed by atoms with E-state index in [0.29, 0.717) is 22.6 Å². The minimum Gasteiger partial charge on any atom is -0.479 e. The predicted octanol–water partition coefficient (Wildman–Crippen LogP) is 4.21. The van der Waals surface area contributed by atoms with E-state index in [1.165, 1.54) is 6.92 Å². The highest BCUT2D eigenvalue weighted by Gasteiger charge is 2.30. The third-order valence-electron chi connectivity index (χ3n) is 4.37. The summed E-state index contributed by atoms with van der Waals surface area (Å²) in [6, 6.07) is 9.73. The number of hydrogen-bond acceptors (Lipinski definition) is 6. The van der Waals surface area contributed by atoms with E-state index < -0.39 is 30.1 Å². The summed E-state index contributed by atoms with van der Waals surface area (Å²) >= 11 is 5.99. The van der Waals surface area contributed by atoms with Gasteiger partial charge < -0.3 is 14.6 Å². The second-order valence-electron chi connectivity index (χ2n) is 6.97. The Morgan fingerprint density at radius 3 is 2.32 bits per heavy atom. The Morgan fingerprint density at radius 1 is 1.13 bits per heavy atom. The average molecular weight is 446 g/mol. The lowest BCUT2D eigenvalue weighted by molar-refractivity contribution is -0.156. The molecule has 2 aromatic rings. The van der Waals surface area contributed by atoms with Crippen molar-refractivity contribution in [2.75, 3.05) is 0 Å². The minimum atomic E-state index is -1.80. The predicted molar refractivity (Wildman–Crippen MR) is 117 cm³/mol. The lowest BCUT2D eigenvalue weighted by Gasteiger charge is -2.17. The maximum atomic E-state index is 12.5. The Labute approximate surface area is 185 Å². The van der Waals surface area contributed by atoms with Gasteiger partial charge in [0, 0.05) is 23.1 Å². The van der Waals surface area contributed by atoms with Crippen molar-refractivity contribution in [3.63, 3.8) is 0 Å². The molecule has 0 aliphatic carbocycles. The first kappa shape index (κ1) is 24.1. The van der Waals surface area contributed by atoms with E-state index >= 15 is 0 Å². The largest absolute Gasteiger partial charge is 0.479 e. The molecule has 7 nitrogen and oxygen atoms in total. The highest BCUT2D eigenvalue weighted by Crippen LogP contribution is 2.26. The van der Waals surface area contributed by atoms with Crippen LogP contribution in [0, 0.1) is 6.92 Å². The first-order chi connectivity index (χ1) is 14.6. The summed E-state index contributed by atoms with van der Waals surface area (Å²) in [6.07, 6.45) is 0.0689. The number of esters is 2. The highest BCUT2D eigenvalue weighted by molar-refractivity contribution is 6.30. The van der Waals surface area contributed by atoms with Crippen LogP contribution in [0.25, 0.3) is 0 Å². The smallest absolute Gasteiger partial charge is 0.342 e. The van der Waals surface area contributed by atoms with Crippen LogP contribution in [0.2, 0.25) is 5.02 Å².